The highest BCUT2D eigenvalue weighted by molar-refractivity contribution is 6.36. The smallest absolute Gasteiger partial charge is 0.255 e. The molecule has 0 spiro atoms. The fourth-order valence-electron chi connectivity index (χ4n) is 2.02. The summed E-state index contributed by atoms with van der Waals surface area (Å²) < 4.78 is 0. The van der Waals surface area contributed by atoms with Crippen LogP contribution in [-0.4, -0.2) is 30.0 Å². The Morgan fingerprint density at radius 3 is 2.50 bits per heavy atom. The van der Waals surface area contributed by atoms with Gasteiger partial charge in [0, 0.05) is 28.9 Å². The monoisotopic (exact) mass is 318 g/mol. The van der Waals surface area contributed by atoms with E-state index in [0.29, 0.717) is 15.8 Å². The number of phenolic OH excluding ortho intramolecular Hbond substituents is 1. The molecule has 114 valence electrons. The summed E-state index contributed by atoms with van der Waals surface area (Å²) >= 11 is 6.14. The lowest BCUT2D eigenvalue weighted by atomic mass is 10.0. The number of hydrogen-bond acceptors (Lipinski definition) is 3. The highest BCUT2D eigenvalue weighted by Crippen LogP contribution is 2.34. The predicted molar refractivity (Wildman–Crippen MR) is 86.2 cm³/mol. The van der Waals surface area contributed by atoms with E-state index in [9.17, 15) is 14.7 Å². The van der Waals surface area contributed by atoms with E-state index in [1.54, 1.807) is 24.3 Å². The number of rotatable bonds is 5. The maximum atomic E-state index is 12.1. The van der Waals surface area contributed by atoms with Crippen LogP contribution >= 0.6 is 11.6 Å². The van der Waals surface area contributed by atoms with E-state index < -0.39 is 5.91 Å². The number of hydrogen-bond donors (Lipinski definition) is 3. The molecule has 0 aliphatic rings. The second-order valence-electron chi connectivity index (χ2n) is 4.55. The summed E-state index contributed by atoms with van der Waals surface area (Å²) in [5, 5.41) is 16.9. The molecule has 0 saturated carbocycles. The number of aromatic hydroxyl groups is 1. The van der Waals surface area contributed by atoms with Gasteiger partial charge in [-0.3, -0.25) is 9.59 Å². The minimum absolute atomic E-state index is 0.0961. The van der Waals surface area contributed by atoms with Gasteiger partial charge in [-0.15, -0.1) is 0 Å². The van der Waals surface area contributed by atoms with Crippen molar-refractivity contribution in [3.8, 4) is 5.75 Å². The molecular formula is C16H15ClN2O3. The van der Waals surface area contributed by atoms with E-state index in [1.165, 1.54) is 6.07 Å². The van der Waals surface area contributed by atoms with Gasteiger partial charge in [0.1, 0.15) is 5.75 Å². The van der Waals surface area contributed by atoms with Crippen molar-refractivity contribution in [1.82, 2.24) is 10.6 Å². The molecule has 22 heavy (non-hydrogen) atoms. The maximum Gasteiger partial charge on any atom is 0.255 e. The molecule has 0 bridgehead atoms. The molecule has 0 saturated heterocycles. The van der Waals surface area contributed by atoms with Crippen LogP contribution in [-0.2, 0) is 4.79 Å². The Labute approximate surface area is 132 Å². The van der Waals surface area contributed by atoms with Gasteiger partial charge in [-0.2, -0.15) is 0 Å². The van der Waals surface area contributed by atoms with Crippen molar-refractivity contribution >= 4 is 34.2 Å². The fourth-order valence-corrected chi connectivity index (χ4v) is 2.29. The Hall–Kier alpha value is -2.53. The first-order valence-electron chi connectivity index (χ1n) is 6.63. The Bertz CT molecular complexity index is 743. The van der Waals surface area contributed by atoms with Crippen LogP contribution in [0, 0.1) is 0 Å². The van der Waals surface area contributed by atoms with E-state index in [2.05, 4.69) is 17.2 Å². The van der Waals surface area contributed by atoms with E-state index >= 15 is 0 Å². The van der Waals surface area contributed by atoms with Crippen molar-refractivity contribution in [2.24, 2.45) is 0 Å². The second-order valence-corrected chi connectivity index (χ2v) is 4.96. The highest BCUT2D eigenvalue weighted by atomic mass is 35.5. The van der Waals surface area contributed by atoms with Crippen LogP contribution in [0.4, 0.5) is 0 Å². The fraction of sp³-hybridized carbons (Fsp3) is 0.125. The number of carbonyl (C=O) groups excluding carboxylic acids is 2. The van der Waals surface area contributed by atoms with Gasteiger partial charge in [0.2, 0.25) is 5.91 Å². The van der Waals surface area contributed by atoms with Gasteiger partial charge in [0.05, 0.1) is 5.56 Å². The molecule has 2 aromatic carbocycles. The van der Waals surface area contributed by atoms with E-state index in [1.807, 2.05) is 0 Å². The lowest BCUT2D eigenvalue weighted by molar-refractivity contribution is -0.116. The number of amides is 2. The van der Waals surface area contributed by atoms with Crippen LogP contribution in [0.25, 0.3) is 10.8 Å². The topological polar surface area (TPSA) is 78.4 Å². The molecule has 0 unspecified atom stereocenters. The molecule has 0 heterocycles. The summed E-state index contributed by atoms with van der Waals surface area (Å²) in [5.74, 6) is -0.892. The number of phenols is 1. The van der Waals surface area contributed by atoms with Crippen LogP contribution in [0.5, 0.6) is 5.75 Å². The zero-order valence-corrected chi connectivity index (χ0v) is 12.5. The number of benzene rings is 2. The number of halogens is 1. The number of carbonyl (C=O) groups is 2. The van der Waals surface area contributed by atoms with Crippen LogP contribution in [0.2, 0.25) is 5.02 Å². The van der Waals surface area contributed by atoms with Gasteiger partial charge >= 0.3 is 0 Å². The van der Waals surface area contributed by atoms with Gasteiger partial charge in [0.15, 0.2) is 0 Å². The summed E-state index contributed by atoms with van der Waals surface area (Å²) in [4.78, 5) is 23.1. The van der Waals surface area contributed by atoms with Crippen molar-refractivity contribution in [2.45, 2.75) is 0 Å². The molecule has 2 aromatic rings. The van der Waals surface area contributed by atoms with Crippen molar-refractivity contribution in [3.05, 3.63) is 53.6 Å². The highest BCUT2D eigenvalue weighted by Gasteiger charge is 2.15. The van der Waals surface area contributed by atoms with Gasteiger partial charge in [-0.05, 0) is 12.1 Å². The van der Waals surface area contributed by atoms with Crippen LogP contribution < -0.4 is 10.6 Å². The lowest BCUT2D eigenvalue weighted by Gasteiger charge is -2.10. The summed E-state index contributed by atoms with van der Waals surface area (Å²) in [6.45, 7) is 3.81. The molecule has 0 aromatic heterocycles. The summed E-state index contributed by atoms with van der Waals surface area (Å²) in [7, 11) is 0. The first kappa shape index (κ1) is 15.9. The Morgan fingerprint density at radius 1 is 1.18 bits per heavy atom. The largest absolute Gasteiger partial charge is 0.506 e. The second kappa shape index (κ2) is 6.95. The number of fused-ring (bicyclic) bond motifs is 1. The van der Waals surface area contributed by atoms with Gasteiger partial charge in [-0.25, -0.2) is 0 Å². The molecule has 0 atom stereocenters. The SMILES string of the molecule is C=CC(=O)NCCNC(=O)c1cc(Cl)c2ccccc2c1O. The van der Waals surface area contributed by atoms with Crippen molar-refractivity contribution in [3.63, 3.8) is 0 Å². The van der Waals surface area contributed by atoms with Crippen LogP contribution in [0.15, 0.2) is 43.0 Å². The number of nitrogens with one attached hydrogen (secondary N) is 2. The van der Waals surface area contributed by atoms with Crippen LogP contribution in [0.3, 0.4) is 0 Å². The molecule has 0 fully saturated rings. The van der Waals surface area contributed by atoms with Crippen molar-refractivity contribution in [1.29, 1.82) is 0 Å². The maximum absolute atomic E-state index is 12.1. The third-order valence-electron chi connectivity index (χ3n) is 3.11. The molecule has 3 N–H and O–H groups in total. The Kier molecular flexibility index (Phi) is 5.01. The minimum Gasteiger partial charge on any atom is -0.506 e. The van der Waals surface area contributed by atoms with Gasteiger partial charge in [0.25, 0.3) is 5.91 Å². The summed E-state index contributed by atoms with van der Waals surface area (Å²) in [6, 6.07) is 8.44. The van der Waals surface area contributed by atoms with Crippen LogP contribution in [0.1, 0.15) is 10.4 Å². The first-order chi connectivity index (χ1) is 10.5. The molecule has 0 radical (unpaired) electrons. The zero-order chi connectivity index (χ0) is 16.1. The third kappa shape index (κ3) is 3.38. The predicted octanol–water partition coefficient (Wildman–Crippen LogP) is 2.23. The quantitative estimate of drug-likeness (QED) is 0.584. The third-order valence-corrected chi connectivity index (χ3v) is 3.42. The van der Waals surface area contributed by atoms with Gasteiger partial charge < -0.3 is 15.7 Å². The summed E-state index contributed by atoms with van der Waals surface area (Å²) in [5.41, 5.74) is 0.0961. The van der Waals surface area contributed by atoms with E-state index in [-0.39, 0.29) is 30.3 Å². The molecule has 6 heteroatoms. The van der Waals surface area contributed by atoms with Gasteiger partial charge in [-0.1, -0.05) is 42.4 Å². The molecule has 2 amide bonds. The molecule has 5 nitrogen and oxygen atoms in total. The summed E-state index contributed by atoms with van der Waals surface area (Å²) in [6.07, 6.45) is 1.15. The Balaban J connectivity index is 2.13. The van der Waals surface area contributed by atoms with Crippen molar-refractivity contribution in [2.75, 3.05) is 13.1 Å². The Morgan fingerprint density at radius 2 is 1.82 bits per heavy atom. The normalized spacial score (nSPS) is 10.2. The minimum atomic E-state index is -0.460. The first-order valence-corrected chi connectivity index (χ1v) is 7.01. The standard InChI is InChI=1S/C16H15ClN2O3/c1-2-14(20)18-7-8-19-16(22)12-9-13(17)10-5-3-4-6-11(10)15(12)21/h2-6,9,21H,1,7-8H2,(H,18,20)(H,19,22). The van der Waals surface area contributed by atoms with E-state index in [0.717, 1.165) is 6.08 Å². The van der Waals surface area contributed by atoms with E-state index in [4.69, 9.17) is 11.6 Å². The lowest BCUT2D eigenvalue weighted by Crippen LogP contribution is -2.34. The molecule has 0 aliphatic heterocycles. The molecular weight excluding hydrogens is 304 g/mol. The molecule has 2 rings (SSSR count). The average Bonchev–Trinajstić information content (AvgIpc) is 2.54. The average molecular weight is 319 g/mol. The van der Waals surface area contributed by atoms with Crippen molar-refractivity contribution < 1.29 is 14.7 Å². The molecule has 0 aliphatic carbocycles. The zero-order valence-electron chi connectivity index (χ0n) is 11.7.